The lowest BCUT2D eigenvalue weighted by Gasteiger charge is -2.48. The molecule has 2 aliphatic heterocycles. The standard InChI is InChI=1S/C20H29N3O3/c1-2-12-26-14-19(25)22-11-5-8-20(15-22)9-7-18(24)23(16-20)13-17-6-3-4-10-21-17/h3-4,6,10H,2,5,7-9,11-16H2,1H3. The number of piperidine rings is 2. The van der Waals surface area contributed by atoms with Crippen molar-refractivity contribution in [2.24, 2.45) is 5.41 Å². The lowest BCUT2D eigenvalue weighted by molar-refractivity contribution is -0.146. The van der Waals surface area contributed by atoms with E-state index in [-0.39, 0.29) is 23.8 Å². The summed E-state index contributed by atoms with van der Waals surface area (Å²) in [5, 5.41) is 0. The van der Waals surface area contributed by atoms with Gasteiger partial charge in [0, 0.05) is 44.3 Å². The van der Waals surface area contributed by atoms with Gasteiger partial charge in [-0.05, 0) is 37.8 Å². The van der Waals surface area contributed by atoms with E-state index in [1.54, 1.807) is 6.20 Å². The Morgan fingerprint density at radius 2 is 2.19 bits per heavy atom. The minimum absolute atomic E-state index is 0.0152. The summed E-state index contributed by atoms with van der Waals surface area (Å²) < 4.78 is 5.43. The zero-order valence-corrected chi connectivity index (χ0v) is 15.7. The smallest absolute Gasteiger partial charge is 0.248 e. The normalized spacial score (nSPS) is 23.5. The van der Waals surface area contributed by atoms with E-state index in [9.17, 15) is 9.59 Å². The molecule has 3 rings (SSSR count). The summed E-state index contributed by atoms with van der Waals surface area (Å²) in [7, 11) is 0. The second kappa shape index (κ2) is 8.62. The first kappa shape index (κ1) is 18.8. The monoisotopic (exact) mass is 359 g/mol. The third-order valence-electron chi connectivity index (χ3n) is 5.42. The molecule has 0 radical (unpaired) electrons. The Balaban J connectivity index is 1.62. The van der Waals surface area contributed by atoms with Gasteiger partial charge in [0.15, 0.2) is 0 Å². The highest BCUT2D eigenvalue weighted by molar-refractivity contribution is 5.78. The fourth-order valence-corrected chi connectivity index (χ4v) is 4.08. The second-order valence-corrected chi connectivity index (χ2v) is 7.54. The number of hydrogen-bond acceptors (Lipinski definition) is 4. The Morgan fingerprint density at radius 3 is 2.96 bits per heavy atom. The van der Waals surface area contributed by atoms with Crippen molar-refractivity contribution in [1.29, 1.82) is 0 Å². The molecule has 0 saturated carbocycles. The predicted octanol–water partition coefficient (Wildman–Crippen LogP) is 2.24. The molecule has 0 N–H and O–H groups in total. The number of amides is 2. The van der Waals surface area contributed by atoms with E-state index in [4.69, 9.17) is 4.74 Å². The first-order valence-corrected chi connectivity index (χ1v) is 9.65. The minimum Gasteiger partial charge on any atom is -0.372 e. The van der Waals surface area contributed by atoms with Crippen LogP contribution in [-0.2, 0) is 20.9 Å². The molecule has 0 aliphatic carbocycles. The van der Waals surface area contributed by atoms with Gasteiger partial charge in [-0.15, -0.1) is 0 Å². The molecule has 142 valence electrons. The second-order valence-electron chi connectivity index (χ2n) is 7.54. The van der Waals surface area contributed by atoms with Crippen molar-refractivity contribution in [1.82, 2.24) is 14.8 Å². The molecule has 6 nitrogen and oxygen atoms in total. The number of carbonyl (C=O) groups excluding carboxylic acids is 2. The number of rotatable bonds is 6. The minimum atomic E-state index is 0.0152. The molecule has 1 aromatic rings. The maximum absolute atomic E-state index is 12.4. The van der Waals surface area contributed by atoms with Crippen molar-refractivity contribution in [3.8, 4) is 0 Å². The van der Waals surface area contributed by atoms with Gasteiger partial charge < -0.3 is 14.5 Å². The molecule has 0 bridgehead atoms. The Hall–Kier alpha value is -1.95. The number of pyridine rings is 1. The van der Waals surface area contributed by atoms with E-state index >= 15 is 0 Å². The zero-order chi connectivity index (χ0) is 18.4. The summed E-state index contributed by atoms with van der Waals surface area (Å²) in [6.07, 6.45) is 6.16. The fraction of sp³-hybridized carbons (Fsp3) is 0.650. The van der Waals surface area contributed by atoms with E-state index < -0.39 is 0 Å². The number of ether oxygens (including phenoxy) is 1. The van der Waals surface area contributed by atoms with E-state index in [0.717, 1.165) is 44.5 Å². The maximum atomic E-state index is 12.4. The average molecular weight is 359 g/mol. The molecule has 1 unspecified atom stereocenters. The van der Waals surface area contributed by atoms with Gasteiger partial charge in [0.1, 0.15) is 6.61 Å². The maximum Gasteiger partial charge on any atom is 0.248 e. The lowest BCUT2D eigenvalue weighted by atomic mass is 9.73. The Bertz CT molecular complexity index is 622. The van der Waals surface area contributed by atoms with Crippen LogP contribution in [0.2, 0.25) is 0 Å². The van der Waals surface area contributed by atoms with Gasteiger partial charge >= 0.3 is 0 Å². The number of hydrogen-bond donors (Lipinski definition) is 0. The Labute approximate surface area is 155 Å². The molecule has 2 aliphatic rings. The van der Waals surface area contributed by atoms with Crippen LogP contribution >= 0.6 is 0 Å². The predicted molar refractivity (Wildman–Crippen MR) is 98.2 cm³/mol. The van der Waals surface area contributed by atoms with E-state index in [1.807, 2.05) is 34.9 Å². The highest BCUT2D eigenvalue weighted by Gasteiger charge is 2.42. The third-order valence-corrected chi connectivity index (χ3v) is 5.42. The fourth-order valence-electron chi connectivity index (χ4n) is 4.08. The zero-order valence-electron chi connectivity index (χ0n) is 15.7. The van der Waals surface area contributed by atoms with E-state index in [1.165, 1.54) is 0 Å². The molecule has 6 heteroatoms. The van der Waals surface area contributed by atoms with Crippen molar-refractivity contribution >= 4 is 11.8 Å². The number of carbonyl (C=O) groups is 2. The van der Waals surface area contributed by atoms with Crippen molar-refractivity contribution in [3.63, 3.8) is 0 Å². The third kappa shape index (κ3) is 4.61. The van der Waals surface area contributed by atoms with Crippen LogP contribution in [0.1, 0.15) is 44.7 Å². The molecule has 2 fully saturated rings. The summed E-state index contributed by atoms with van der Waals surface area (Å²) in [6, 6.07) is 5.79. The molecular weight excluding hydrogens is 330 g/mol. The Kier molecular flexibility index (Phi) is 6.25. The molecule has 26 heavy (non-hydrogen) atoms. The highest BCUT2D eigenvalue weighted by atomic mass is 16.5. The molecule has 1 aromatic heterocycles. The van der Waals surface area contributed by atoms with Crippen molar-refractivity contribution < 1.29 is 14.3 Å². The van der Waals surface area contributed by atoms with Gasteiger partial charge in [0.25, 0.3) is 0 Å². The van der Waals surface area contributed by atoms with Crippen LogP contribution in [0, 0.1) is 5.41 Å². The van der Waals surface area contributed by atoms with Gasteiger partial charge in [-0.25, -0.2) is 0 Å². The van der Waals surface area contributed by atoms with Crippen molar-refractivity contribution in [3.05, 3.63) is 30.1 Å². The van der Waals surface area contributed by atoms with Gasteiger partial charge in [-0.2, -0.15) is 0 Å². The topological polar surface area (TPSA) is 62.7 Å². The summed E-state index contributed by atoms with van der Waals surface area (Å²) in [5.74, 6) is 0.265. The van der Waals surface area contributed by atoms with Crippen LogP contribution in [-0.4, -0.2) is 59.4 Å². The van der Waals surface area contributed by atoms with Crippen LogP contribution < -0.4 is 0 Å². The quantitative estimate of drug-likeness (QED) is 0.731. The number of aromatic nitrogens is 1. The van der Waals surface area contributed by atoms with Crippen LogP contribution in [0.5, 0.6) is 0 Å². The van der Waals surface area contributed by atoms with Gasteiger partial charge in [-0.3, -0.25) is 14.6 Å². The van der Waals surface area contributed by atoms with E-state index in [2.05, 4.69) is 4.98 Å². The average Bonchev–Trinajstić information content (AvgIpc) is 2.66. The van der Waals surface area contributed by atoms with Crippen molar-refractivity contribution in [2.75, 3.05) is 32.8 Å². The molecule has 3 heterocycles. The first-order chi connectivity index (χ1) is 12.6. The largest absolute Gasteiger partial charge is 0.372 e. The molecule has 1 atom stereocenters. The first-order valence-electron chi connectivity index (χ1n) is 9.65. The van der Waals surface area contributed by atoms with Crippen LogP contribution in [0.25, 0.3) is 0 Å². The highest BCUT2D eigenvalue weighted by Crippen LogP contribution is 2.39. The van der Waals surface area contributed by atoms with Crippen molar-refractivity contribution in [2.45, 2.75) is 45.6 Å². The van der Waals surface area contributed by atoms with Crippen LogP contribution in [0.3, 0.4) is 0 Å². The molecule has 2 saturated heterocycles. The summed E-state index contributed by atoms with van der Waals surface area (Å²) >= 11 is 0. The van der Waals surface area contributed by atoms with Crippen LogP contribution in [0.4, 0.5) is 0 Å². The van der Waals surface area contributed by atoms with Crippen LogP contribution in [0.15, 0.2) is 24.4 Å². The molecular formula is C20H29N3O3. The molecule has 2 amide bonds. The summed E-state index contributed by atoms with van der Waals surface area (Å²) in [5.41, 5.74) is 0.927. The van der Waals surface area contributed by atoms with E-state index in [0.29, 0.717) is 26.1 Å². The number of nitrogens with zero attached hydrogens (tertiary/aromatic N) is 3. The lowest BCUT2D eigenvalue weighted by Crippen LogP contribution is -2.55. The van der Waals surface area contributed by atoms with Gasteiger partial charge in [0.05, 0.1) is 12.2 Å². The molecule has 0 aromatic carbocycles. The summed E-state index contributed by atoms with van der Waals surface area (Å²) in [6.45, 7) is 5.61. The SMILES string of the molecule is CCCOCC(=O)N1CCCC2(CCC(=O)N(Cc3ccccn3)C2)C1. The van der Waals surface area contributed by atoms with Gasteiger partial charge in [0.2, 0.25) is 11.8 Å². The van der Waals surface area contributed by atoms with Gasteiger partial charge in [-0.1, -0.05) is 13.0 Å². The number of likely N-dealkylation sites (tertiary alicyclic amines) is 2. The summed E-state index contributed by atoms with van der Waals surface area (Å²) in [4.78, 5) is 33.1. The molecule has 1 spiro atoms. The Morgan fingerprint density at radius 1 is 1.31 bits per heavy atom.